The van der Waals surface area contributed by atoms with Crippen LogP contribution in [-0.2, 0) is 21.5 Å². The highest BCUT2D eigenvalue weighted by atomic mass is 32.2. The minimum absolute atomic E-state index is 0.0158. The number of aryl methyl sites for hydroxylation is 2. The van der Waals surface area contributed by atoms with Crippen LogP contribution in [0.2, 0.25) is 0 Å². The van der Waals surface area contributed by atoms with E-state index in [4.69, 9.17) is 9.52 Å². The van der Waals surface area contributed by atoms with Gasteiger partial charge in [0.2, 0.25) is 11.8 Å². The predicted octanol–water partition coefficient (Wildman–Crippen LogP) is 6.14. The summed E-state index contributed by atoms with van der Waals surface area (Å²) in [5, 5.41) is 7.18. The molecule has 214 valence electrons. The van der Waals surface area contributed by atoms with Crippen molar-refractivity contribution in [2.75, 3.05) is 17.2 Å². The Bertz CT molecular complexity index is 1610. The second-order valence-electron chi connectivity index (χ2n) is 11.2. The number of thioether (sulfide) groups is 1. The number of carbonyl (C=O) groups is 2. The van der Waals surface area contributed by atoms with Gasteiger partial charge in [0.1, 0.15) is 29.8 Å². The fourth-order valence-corrected chi connectivity index (χ4v) is 6.26. The molecule has 5 rings (SSSR count). The molecule has 0 unspecified atom stereocenters. The first-order chi connectivity index (χ1) is 19.4. The molecule has 7 nitrogen and oxygen atoms in total. The Hall–Kier alpha value is -3.92. The van der Waals surface area contributed by atoms with Crippen molar-refractivity contribution in [3.63, 3.8) is 0 Å². The van der Waals surface area contributed by atoms with E-state index in [1.807, 2.05) is 52.8 Å². The van der Waals surface area contributed by atoms with Crippen LogP contribution in [-0.4, -0.2) is 33.9 Å². The number of anilines is 1. The fourth-order valence-electron chi connectivity index (χ4n) is 5.04. The third kappa shape index (κ3) is 5.79. The van der Waals surface area contributed by atoms with Crippen molar-refractivity contribution in [2.24, 2.45) is 0 Å². The SMILES string of the molecule is Cc1ccc(-n2nc(C(C)(C)C)c3c2N(CC(=O)NCc2ccco2)C(=O)CS[C@@H]3c2ccc(F)cc2F)c(C)c1. The monoisotopic (exact) mass is 578 g/mol. The van der Waals surface area contributed by atoms with Gasteiger partial charge in [-0.3, -0.25) is 14.5 Å². The van der Waals surface area contributed by atoms with E-state index in [9.17, 15) is 14.0 Å². The molecule has 0 saturated heterocycles. The number of amides is 2. The molecule has 0 radical (unpaired) electrons. The Labute approximate surface area is 241 Å². The van der Waals surface area contributed by atoms with Crippen molar-refractivity contribution in [2.45, 2.75) is 51.8 Å². The van der Waals surface area contributed by atoms with E-state index in [1.54, 1.807) is 16.8 Å². The number of rotatable bonds is 6. The van der Waals surface area contributed by atoms with E-state index < -0.39 is 22.3 Å². The smallest absolute Gasteiger partial charge is 0.240 e. The number of aromatic nitrogens is 2. The van der Waals surface area contributed by atoms with Crippen molar-refractivity contribution < 1.29 is 22.8 Å². The van der Waals surface area contributed by atoms with Crippen LogP contribution in [0.15, 0.2) is 59.2 Å². The zero-order valence-electron chi connectivity index (χ0n) is 23.6. The van der Waals surface area contributed by atoms with Gasteiger partial charge in [-0.2, -0.15) is 5.10 Å². The normalized spacial score (nSPS) is 15.5. The molecule has 1 atom stereocenters. The summed E-state index contributed by atoms with van der Waals surface area (Å²) in [6.45, 7) is 9.84. The first-order valence-corrected chi connectivity index (χ1v) is 14.4. The molecule has 41 heavy (non-hydrogen) atoms. The average molecular weight is 579 g/mol. The number of hydrogen-bond acceptors (Lipinski definition) is 5. The highest BCUT2D eigenvalue weighted by Gasteiger charge is 2.40. The van der Waals surface area contributed by atoms with Crippen LogP contribution in [0.5, 0.6) is 0 Å². The van der Waals surface area contributed by atoms with Gasteiger partial charge in [0.05, 0.1) is 35.2 Å². The lowest BCUT2D eigenvalue weighted by Crippen LogP contribution is -2.42. The van der Waals surface area contributed by atoms with Crippen LogP contribution in [0.25, 0.3) is 5.69 Å². The molecule has 4 aromatic rings. The number of furan rings is 1. The largest absolute Gasteiger partial charge is 0.467 e. The van der Waals surface area contributed by atoms with E-state index >= 15 is 4.39 Å². The minimum atomic E-state index is -0.704. The number of nitrogens with zero attached hydrogens (tertiary/aromatic N) is 3. The van der Waals surface area contributed by atoms with E-state index in [2.05, 4.69) is 5.32 Å². The van der Waals surface area contributed by atoms with E-state index in [0.717, 1.165) is 22.9 Å². The van der Waals surface area contributed by atoms with Gasteiger partial charge in [0, 0.05) is 22.6 Å². The second-order valence-corrected chi connectivity index (χ2v) is 12.3. The van der Waals surface area contributed by atoms with Gasteiger partial charge in [-0.15, -0.1) is 11.8 Å². The first kappa shape index (κ1) is 28.6. The van der Waals surface area contributed by atoms with Crippen LogP contribution in [0, 0.1) is 25.5 Å². The molecule has 0 saturated carbocycles. The lowest BCUT2D eigenvalue weighted by molar-refractivity contribution is -0.123. The molecule has 0 aliphatic carbocycles. The summed E-state index contributed by atoms with van der Waals surface area (Å²) in [7, 11) is 0. The minimum Gasteiger partial charge on any atom is -0.467 e. The zero-order chi connectivity index (χ0) is 29.5. The van der Waals surface area contributed by atoms with Crippen LogP contribution >= 0.6 is 11.8 Å². The Morgan fingerprint density at radius 1 is 1.15 bits per heavy atom. The Balaban J connectivity index is 1.71. The summed E-state index contributed by atoms with van der Waals surface area (Å²) in [6, 6.07) is 12.9. The van der Waals surface area contributed by atoms with Gasteiger partial charge in [0.25, 0.3) is 0 Å². The third-order valence-corrected chi connectivity index (χ3v) is 8.20. The molecule has 1 aliphatic heterocycles. The number of nitrogens with one attached hydrogen (secondary N) is 1. The number of halogens is 2. The molecule has 3 heterocycles. The van der Waals surface area contributed by atoms with Crippen molar-refractivity contribution in [1.82, 2.24) is 15.1 Å². The molecule has 0 spiro atoms. The van der Waals surface area contributed by atoms with Crippen molar-refractivity contribution in [3.8, 4) is 5.69 Å². The second kappa shape index (κ2) is 11.2. The summed E-state index contributed by atoms with van der Waals surface area (Å²) < 4.78 is 36.3. The summed E-state index contributed by atoms with van der Waals surface area (Å²) in [6.07, 6.45) is 1.52. The summed E-state index contributed by atoms with van der Waals surface area (Å²) in [4.78, 5) is 28.4. The summed E-state index contributed by atoms with van der Waals surface area (Å²) in [5.41, 5.74) is 3.74. The van der Waals surface area contributed by atoms with Gasteiger partial charge >= 0.3 is 0 Å². The van der Waals surface area contributed by atoms with Gasteiger partial charge in [0.15, 0.2) is 0 Å². The van der Waals surface area contributed by atoms with Crippen LogP contribution in [0.3, 0.4) is 0 Å². The Morgan fingerprint density at radius 3 is 2.59 bits per heavy atom. The standard InChI is InChI=1S/C31H32F2N4O3S/c1-18-8-11-24(19(2)13-18)37-30-27(29(35-37)31(3,4)5)28(22-10-9-20(32)14-23(22)33)41-17-26(39)36(30)16-25(38)34-15-21-7-6-12-40-21/h6-14,28H,15-17H2,1-5H3,(H,34,38)/t28-/m1/s1. The average Bonchev–Trinajstić information content (AvgIpc) is 3.53. The summed E-state index contributed by atoms with van der Waals surface area (Å²) >= 11 is 1.24. The summed E-state index contributed by atoms with van der Waals surface area (Å²) in [5.74, 6) is -1.12. The number of hydrogen-bond donors (Lipinski definition) is 1. The molecule has 0 bridgehead atoms. The maximum absolute atomic E-state index is 15.3. The molecular weight excluding hydrogens is 546 g/mol. The lowest BCUT2D eigenvalue weighted by Gasteiger charge is -2.25. The Kier molecular flexibility index (Phi) is 7.78. The molecule has 0 fully saturated rings. The van der Waals surface area contributed by atoms with Crippen LogP contribution < -0.4 is 10.2 Å². The van der Waals surface area contributed by atoms with Crippen molar-refractivity contribution in [1.29, 1.82) is 0 Å². The van der Waals surface area contributed by atoms with E-state index in [0.29, 0.717) is 22.8 Å². The first-order valence-electron chi connectivity index (χ1n) is 13.3. The van der Waals surface area contributed by atoms with Gasteiger partial charge in [-0.25, -0.2) is 13.5 Å². The maximum atomic E-state index is 15.3. The Morgan fingerprint density at radius 2 is 1.93 bits per heavy atom. The zero-order valence-corrected chi connectivity index (χ0v) is 24.4. The molecule has 1 N–H and O–H groups in total. The highest BCUT2D eigenvalue weighted by molar-refractivity contribution is 8.00. The van der Waals surface area contributed by atoms with Crippen molar-refractivity contribution in [3.05, 3.63) is 100 Å². The molecule has 2 amide bonds. The number of carbonyl (C=O) groups excluding carboxylic acids is 2. The van der Waals surface area contributed by atoms with Crippen molar-refractivity contribution >= 4 is 29.4 Å². The van der Waals surface area contributed by atoms with Crippen LogP contribution in [0.1, 0.15) is 59.7 Å². The molecule has 1 aliphatic rings. The van der Waals surface area contributed by atoms with Crippen LogP contribution in [0.4, 0.5) is 14.6 Å². The predicted molar refractivity (Wildman–Crippen MR) is 155 cm³/mol. The van der Waals surface area contributed by atoms with E-state index in [-0.39, 0.29) is 36.2 Å². The molecule has 2 aromatic heterocycles. The van der Waals surface area contributed by atoms with Gasteiger partial charge < -0.3 is 9.73 Å². The lowest BCUT2D eigenvalue weighted by atomic mass is 9.87. The maximum Gasteiger partial charge on any atom is 0.240 e. The third-order valence-electron chi connectivity index (χ3n) is 6.97. The quantitative estimate of drug-likeness (QED) is 0.297. The number of fused-ring (bicyclic) bond motifs is 1. The van der Waals surface area contributed by atoms with E-state index in [1.165, 1.54) is 35.1 Å². The highest BCUT2D eigenvalue weighted by Crippen LogP contribution is 2.49. The molecule has 10 heteroatoms. The molecule has 2 aromatic carbocycles. The van der Waals surface area contributed by atoms with Gasteiger partial charge in [-0.1, -0.05) is 44.5 Å². The van der Waals surface area contributed by atoms with Gasteiger partial charge in [-0.05, 0) is 43.7 Å². The molecular formula is C31H32F2N4O3S. The topological polar surface area (TPSA) is 80.4 Å². The fraction of sp³-hybridized carbons (Fsp3) is 0.323. The number of benzene rings is 2.